The Bertz CT molecular complexity index is 130. The number of hydrogen-bond acceptors (Lipinski definition) is 4. The van der Waals surface area contributed by atoms with E-state index in [1.54, 1.807) is 0 Å². The van der Waals surface area contributed by atoms with Crippen LogP contribution in [0.3, 0.4) is 0 Å². The van der Waals surface area contributed by atoms with E-state index in [1.165, 1.54) is 0 Å². The summed E-state index contributed by atoms with van der Waals surface area (Å²) in [7, 11) is -4.67. The summed E-state index contributed by atoms with van der Waals surface area (Å²) in [5.41, 5.74) is 0. The van der Waals surface area contributed by atoms with Crippen LogP contribution in [0.2, 0.25) is 0 Å². The minimum Gasteiger partial charge on any atom is -0.264 e. The fraction of sp³-hybridized carbons (Fsp3) is 1.00. The topological polar surface area (TPSA) is 93.1 Å². The van der Waals surface area contributed by atoms with Crippen molar-refractivity contribution in [3.05, 3.63) is 0 Å². The zero-order valence-electron chi connectivity index (χ0n) is 4.35. The Morgan fingerprint density at radius 2 is 1.22 bits per heavy atom. The molecule has 0 spiro atoms. The van der Waals surface area contributed by atoms with Crippen LogP contribution in [0.25, 0.3) is 0 Å². The molecule has 0 bridgehead atoms. The Hall–Kier alpha value is -0.210. The van der Waals surface area contributed by atoms with Gasteiger partial charge in [-0.05, 0) is 0 Å². The third-order valence-electron chi connectivity index (χ3n) is 0.333. The van der Waals surface area contributed by atoms with Crippen LogP contribution in [0.15, 0.2) is 0 Å². The molecule has 0 aromatic heterocycles. The average Bonchev–Trinajstić information content (AvgIpc) is 1.12. The Kier molecular flexibility index (Phi) is 3.66. The van der Waals surface area contributed by atoms with Gasteiger partial charge in [-0.15, -0.1) is 0 Å². The van der Waals surface area contributed by atoms with E-state index in [2.05, 4.69) is 9.78 Å². The van der Waals surface area contributed by atoms with E-state index < -0.39 is 10.4 Å². The van der Waals surface area contributed by atoms with Crippen molar-refractivity contribution in [1.82, 2.24) is 0 Å². The highest BCUT2D eigenvalue weighted by molar-refractivity contribution is 7.79. The van der Waals surface area contributed by atoms with Crippen molar-refractivity contribution >= 4 is 10.4 Å². The fourth-order valence-corrected chi connectivity index (χ4v) is 0.0833. The summed E-state index contributed by atoms with van der Waals surface area (Å²) in [5.74, 6) is 0. The number of hydrogen-bond donors (Lipinski definition) is 2. The molecule has 9 heavy (non-hydrogen) atoms. The molecule has 6 nitrogen and oxygen atoms in total. The van der Waals surface area contributed by atoms with Gasteiger partial charge in [-0.25, -0.2) is 9.78 Å². The lowest BCUT2D eigenvalue weighted by Gasteiger charge is -2.08. The van der Waals surface area contributed by atoms with Crippen molar-refractivity contribution in [3.8, 4) is 0 Å². The molecule has 0 radical (unpaired) electrons. The lowest BCUT2D eigenvalue weighted by molar-refractivity contribution is -0.382. The van der Waals surface area contributed by atoms with E-state index in [0.29, 0.717) is 0 Å². The van der Waals surface area contributed by atoms with Crippen LogP contribution in [0.5, 0.6) is 0 Å². The van der Waals surface area contributed by atoms with E-state index in [0.717, 1.165) is 13.2 Å². The lowest BCUT2D eigenvalue weighted by Crippen LogP contribution is -2.14. The van der Waals surface area contributed by atoms with Crippen LogP contribution in [-0.4, -0.2) is 30.7 Å². The highest BCUT2D eigenvalue weighted by atomic mass is 32.3. The summed E-state index contributed by atoms with van der Waals surface area (Å²) in [6, 6.07) is 0. The van der Waals surface area contributed by atoms with Gasteiger partial charge in [0.15, 0.2) is 0 Å². The first kappa shape index (κ1) is 8.79. The van der Waals surface area contributed by atoms with Crippen LogP contribution < -0.4 is 0 Å². The first-order chi connectivity index (χ1) is 4.00. The quantitative estimate of drug-likeness (QED) is 0.357. The van der Waals surface area contributed by atoms with Gasteiger partial charge in [0.1, 0.15) is 13.2 Å². The third-order valence-corrected chi connectivity index (χ3v) is 0.333. The molecule has 0 unspecified atom stereocenters. The van der Waals surface area contributed by atoms with E-state index in [4.69, 9.17) is 17.5 Å². The Morgan fingerprint density at radius 1 is 1.11 bits per heavy atom. The number of rotatable bonds is 0. The molecular weight excluding hydrogens is 152 g/mol. The van der Waals surface area contributed by atoms with E-state index >= 15 is 0 Å². The maximum Gasteiger partial charge on any atom is 0.394 e. The summed E-state index contributed by atoms with van der Waals surface area (Å²) in [6.45, 7) is 1.56. The molecule has 2 N–H and O–H groups in total. The largest absolute Gasteiger partial charge is 0.394 e. The predicted molar refractivity (Wildman–Crippen MR) is 26.1 cm³/mol. The zero-order valence-corrected chi connectivity index (χ0v) is 5.17. The SMILES string of the molecule is C1COO1.O=S(=O)(O)O. The molecule has 0 aromatic rings. The second kappa shape index (κ2) is 3.75. The first-order valence-corrected chi connectivity index (χ1v) is 3.34. The molecule has 1 saturated heterocycles. The van der Waals surface area contributed by atoms with Gasteiger partial charge in [-0.2, -0.15) is 8.42 Å². The molecule has 0 saturated carbocycles. The molecule has 0 atom stereocenters. The predicted octanol–water partition coefficient (Wildman–Crippen LogP) is -0.705. The Morgan fingerprint density at radius 3 is 1.22 bits per heavy atom. The van der Waals surface area contributed by atoms with Gasteiger partial charge in [0.2, 0.25) is 0 Å². The molecular formula is C2H6O6S. The average molecular weight is 158 g/mol. The summed E-state index contributed by atoms with van der Waals surface area (Å²) in [4.78, 5) is 8.44. The molecule has 0 aromatic carbocycles. The zero-order chi connectivity index (χ0) is 7.33. The van der Waals surface area contributed by atoms with Crippen molar-refractivity contribution < 1.29 is 27.3 Å². The molecule has 56 valence electrons. The van der Waals surface area contributed by atoms with Crippen molar-refractivity contribution in [3.63, 3.8) is 0 Å². The molecule has 0 amide bonds. The second-order valence-electron chi connectivity index (χ2n) is 1.09. The van der Waals surface area contributed by atoms with Crippen LogP contribution in [-0.2, 0) is 20.2 Å². The molecule has 1 aliphatic rings. The highest BCUT2D eigenvalue weighted by Crippen LogP contribution is 1.87. The normalized spacial score (nSPS) is 17.1. The van der Waals surface area contributed by atoms with Crippen LogP contribution in [0.4, 0.5) is 0 Å². The van der Waals surface area contributed by atoms with Crippen molar-refractivity contribution in [2.45, 2.75) is 0 Å². The van der Waals surface area contributed by atoms with Gasteiger partial charge >= 0.3 is 10.4 Å². The first-order valence-electron chi connectivity index (χ1n) is 1.94. The minimum atomic E-state index is -4.67. The van der Waals surface area contributed by atoms with Gasteiger partial charge < -0.3 is 0 Å². The molecule has 0 aliphatic carbocycles. The van der Waals surface area contributed by atoms with Crippen LogP contribution >= 0.6 is 0 Å². The summed E-state index contributed by atoms with van der Waals surface area (Å²) in [6.07, 6.45) is 0. The Balaban J connectivity index is 0.000000144. The molecule has 1 rings (SSSR count). The Labute approximate surface area is 51.9 Å². The smallest absolute Gasteiger partial charge is 0.264 e. The second-order valence-corrected chi connectivity index (χ2v) is 1.99. The summed E-state index contributed by atoms with van der Waals surface area (Å²) in [5, 5.41) is 0. The molecule has 1 heterocycles. The van der Waals surface area contributed by atoms with Gasteiger partial charge in [-0.1, -0.05) is 0 Å². The van der Waals surface area contributed by atoms with Crippen molar-refractivity contribution in [2.75, 3.05) is 13.2 Å². The highest BCUT2D eigenvalue weighted by Gasteiger charge is 1.95. The fourth-order valence-electron chi connectivity index (χ4n) is 0.0833. The maximum atomic E-state index is 8.74. The van der Waals surface area contributed by atoms with E-state index in [-0.39, 0.29) is 0 Å². The van der Waals surface area contributed by atoms with Gasteiger partial charge in [0, 0.05) is 0 Å². The lowest BCUT2D eigenvalue weighted by atomic mass is 10.8. The van der Waals surface area contributed by atoms with Gasteiger partial charge in [0.05, 0.1) is 0 Å². The maximum absolute atomic E-state index is 8.74. The standard InChI is InChI=1S/C2H4O2.H2O4S/c1-2-4-3-1;1-5(2,3)4/h1-2H2;(H2,1,2,3,4). The van der Waals surface area contributed by atoms with Crippen LogP contribution in [0.1, 0.15) is 0 Å². The van der Waals surface area contributed by atoms with Crippen molar-refractivity contribution in [1.29, 1.82) is 0 Å². The van der Waals surface area contributed by atoms with Gasteiger partial charge in [-0.3, -0.25) is 9.11 Å². The summed E-state index contributed by atoms with van der Waals surface area (Å²) < 4.78 is 31.6. The van der Waals surface area contributed by atoms with Gasteiger partial charge in [0.25, 0.3) is 0 Å². The summed E-state index contributed by atoms with van der Waals surface area (Å²) >= 11 is 0. The van der Waals surface area contributed by atoms with Crippen molar-refractivity contribution in [2.24, 2.45) is 0 Å². The van der Waals surface area contributed by atoms with E-state index in [1.807, 2.05) is 0 Å². The molecule has 1 aliphatic heterocycles. The third kappa shape index (κ3) is 18.2. The minimum absolute atomic E-state index is 0.778. The monoisotopic (exact) mass is 158 g/mol. The van der Waals surface area contributed by atoms with Crippen LogP contribution in [0, 0.1) is 0 Å². The molecule has 1 fully saturated rings. The van der Waals surface area contributed by atoms with E-state index in [9.17, 15) is 0 Å². The molecule has 7 heteroatoms.